The predicted molar refractivity (Wildman–Crippen MR) is 174 cm³/mol. The van der Waals surface area contributed by atoms with E-state index in [1.165, 1.54) is 4.90 Å². The number of carbonyl (C=O) groups is 3. The topological polar surface area (TPSA) is 90.4 Å². The van der Waals surface area contributed by atoms with Gasteiger partial charge in [-0.05, 0) is 43.4 Å². The molecule has 3 amide bonds. The highest BCUT2D eigenvalue weighted by Gasteiger charge is 2.77. The van der Waals surface area contributed by atoms with Crippen LogP contribution in [-0.2, 0) is 25.7 Å². The van der Waals surface area contributed by atoms with Crippen molar-refractivity contribution in [2.45, 2.75) is 68.8 Å². The monoisotopic (exact) mass is 663 g/mol. The summed E-state index contributed by atoms with van der Waals surface area (Å²) in [6.07, 6.45) is 3.60. The van der Waals surface area contributed by atoms with Crippen LogP contribution in [0.5, 0.6) is 0 Å². The minimum atomic E-state index is -1.24. The second kappa shape index (κ2) is 13.0. The predicted octanol–water partition coefficient (Wildman–Crippen LogP) is 4.56. The molecule has 1 spiro atoms. The average Bonchev–Trinajstić information content (AvgIpc) is 3.60. The van der Waals surface area contributed by atoms with Gasteiger partial charge in [0.05, 0.1) is 30.6 Å². The van der Waals surface area contributed by atoms with E-state index in [1.807, 2.05) is 69.3 Å². The molecule has 0 saturated carbocycles. The summed E-state index contributed by atoms with van der Waals surface area (Å²) in [7, 11) is 0. The molecule has 44 heavy (non-hydrogen) atoms. The van der Waals surface area contributed by atoms with Crippen LogP contribution < -0.4 is 4.90 Å². The molecule has 3 aliphatic heterocycles. The number of anilines is 1. The third-order valence-corrected chi connectivity index (χ3v) is 10.3. The molecule has 0 aliphatic carbocycles. The van der Waals surface area contributed by atoms with Crippen molar-refractivity contribution in [3.63, 3.8) is 0 Å². The van der Waals surface area contributed by atoms with Gasteiger partial charge in [0, 0.05) is 30.1 Å². The van der Waals surface area contributed by atoms with Gasteiger partial charge in [0.25, 0.3) is 5.91 Å². The highest BCUT2D eigenvalue weighted by Crippen LogP contribution is 2.61. The summed E-state index contributed by atoms with van der Waals surface area (Å²) < 4.78 is 6.77. The molecule has 234 valence electrons. The first kappa shape index (κ1) is 32.1. The normalized spacial score (nSPS) is 27.6. The molecule has 2 bridgehead atoms. The third kappa shape index (κ3) is 5.22. The fourth-order valence-electron chi connectivity index (χ4n) is 7.64. The molecular weight excluding hydrogens is 622 g/mol. The van der Waals surface area contributed by atoms with Gasteiger partial charge in [-0.15, -0.1) is 13.2 Å². The SMILES string of the molecule is C=CCN(Cc1ccccc1)C(=O)[C@H]1[C@H]2C(=O)N([C@@H](CC)CO)C(C(=O)N(CC=C)c3c(C)cccc3C)C23CC(Br)[C@@H]1O3. The standard InChI is InChI=1S/C35H42BrN3O5/c1-6-17-37(20-24-15-10-9-11-16-24)32(41)27-28-33(42)39(25(8-3)21-40)31(35(28)19-26(36)30(27)44-35)34(43)38(18-7-2)29-22(4)13-12-14-23(29)5/h6-7,9-16,25-28,30-31,40H,1-2,8,17-21H2,3-5H3/t25-,26?,27-,28-,30-,31?,35?/m0/s1. The summed E-state index contributed by atoms with van der Waals surface area (Å²) in [5, 5.41) is 10.5. The fraction of sp³-hybridized carbons (Fsp3) is 0.457. The van der Waals surface area contributed by atoms with Crippen molar-refractivity contribution in [2.24, 2.45) is 11.8 Å². The molecule has 9 heteroatoms. The Morgan fingerprint density at radius 2 is 1.75 bits per heavy atom. The largest absolute Gasteiger partial charge is 0.394 e. The lowest BCUT2D eigenvalue weighted by Gasteiger charge is -2.40. The van der Waals surface area contributed by atoms with Crippen LogP contribution in [0.2, 0.25) is 0 Å². The van der Waals surface area contributed by atoms with Gasteiger partial charge in [-0.25, -0.2) is 0 Å². The average molecular weight is 665 g/mol. The Bertz CT molecular complexity index is 1410. The molecule has 8 nitrogen and oxygen atoms in total. The van der Waals surface area contributed by atoms with Crippen LogP contribution in [0.25, 0.3) is 0 Å². The summed E-state index contributed by atoms with van der Waals surface area (Å²) in [5.41, 5.74) is 2.33. The van der Waals surface area contributed by atoms with E-state index >= 15 is 0 Å². The van der Waals surface area contributed by atoms with E-state index in [-0.39, 0.29) is 35.7 Å². The Balaban J connectivity index is 1.61. The molecule has 1 N–H and O–H groups in total. The highest BCUT2D eigenvalue weighted by atomic mass is 79.9. The number of hydrogen-bond donors (Lipinski definition) is 1. The number of aryl methyl sites for hydroxylation is 2. The van der Waals surface area contributed by atoms with Crippen LogP contribution in [0.1, 0.15) is 36.5 Å². The van der Waals surface area contributed by atoms with E-state index in [1.54, 1.807) is 22.0 Å². The van der Waals surface area contributed by atoms with Gasteiger partial charge < -0.3 is 24.5 Å². The maximum absolute atomic E-state index is 14.9. The summed E-state index contributed by atoms with van der Waals surface area (Å²) in [4.78, 5) is 48.6. The second-order valence-electron chi connectivity index (χ2n) is 12.1. The van der Waals surface area contributed by atoms with Crippen molar-refractivity contribution in [1.29, 1.82) is 0 Å². The highest BCUT2D eigenvalue weighted by molar-refractivity contribution is 9.09. The Labute approximate surface area is 268 Å². The van der Waals surface area contributed by atoms with Crippen molar-refractivity contribution in [3.05, 3.63) is 90.5 Å². The molecule has 3 fully saturated rings. The van der Waals surface area contributed by atoms with Gasteiger partial charge in [-0.3, -0.25) is 14.4 Å². The lowest BCUT2D eigenvalue weighted by atomic mass is 9.70. The van der Waals surface area contributed by atoms with Crippen LogP contribution in [0, 0.1) is 25.7 Å². The number of amides is 3. The molecule has 5 rings (SSSR count). The molecule has 2 aromatic carbocycles. The number of benzene rings is 2. The van der Waals surface area contributed by atoms with Gasteiger partial charge in [0.15, 0.2) is 0 Å². The van der Waals surface area contributed by atoms with Crippen LogP contribution in [-0.4, -0.2) is 80.9 Å². The number of fused-ring (bicyclic) bond motifs is 1. The Morgan fingerprint density at radius 1 is 1.09 bits per heavy atom. The van der Waals surface area contributed by atoms with Crippen LogP contribution >= 0.6 is 15.9 Å². The fourth-order valence-corrected chi connectivity index (χ4v) is 8.58. The number of carbonyl (C=O) groups excluding carboxylic acids is 3. The van der Waals surface area contributed by atoms with Crippen molar-refractivity contribution < 1.29 is 24.2 Å². The molecule has 3 saturated heterocycles. The number of halogens is 1. The summed E-state index contributed by atoms with van der Waals surface area (Å²) in [6.45, 7) is 14.2. The Morgan fingerprint density at radius 3 is 2.34 bits per heavy atom. The van der Waals surface area contributed by atoms with E-state index in [2.05, 4.69) is 29.1 Å². The maximum Gasteiger partial charge on any atom is 0.253 e. The van der Waals surface area contributed by atoms with Crippen LogP contribution in [0.15, 0.2) is 73.8 Å². The van der Waals surface area contributed by atoms with Crippen molar-refractivity contribution in [1.82, 2.24) is 9.80 Å². The van der Waals surface area contributed by atoms with E-state index in [9.17, 15) is 19.5 Å². The van der Waals surface area contributed by atoms with Crippen molar-refractivity contribution in [2.75, 3.05) is 24.6 Å². The van der Waals surface area contributed by atoms with Crippen molar-refractivity contribution >= 4 is 39.3 Å². The van der Waals surface area contributed by atoms with E-state index in [4.69, 9.17) is 4.74 Å². The van der Waals surface area contributed by atoms with Crippen molar-refractivity contribution in [3.8, 4) is 0 Å². The lowest BCUT2D eigenvalue weighted by molar-refractivity contribution is -0.147. The molecular formula is C35H42BrN3O5. The number of nitrogens with zero attached hydrogens (tertiary/aromatic N) is 3. The van der Waals surface area contributed by atoms with Gasteiger partial charge >= 0.3 is 0 Å². The van der Waals surface area contributed by atoms with Crippen LogP contribution in [0.4, 0.5) is 5.69 Å². The summed E-state index contributed by atoms with van der Waals surface area (Å²) in [6, 6.07) is 13.9. The molecule has 0 radical (unpaired) electrons. The van der Waals surface area contributed by atoms with Gasteiger partial charge in [-0.1, -0.05) is 83.5 Å². The molecule has 7 atom stereocenters. The third-order valence-electron chi connectivity index (χ3n) is 9.49. The number of aliphatic hydroxyl groups excluding tert-OH is 1. The molecule has 2 aromatic rings. The summed E-state index contributed by atoms with van der Waals surface area (Å²) in [5.74, 6) is -2.48. The Hall–Kier alpha value is -3.27. The first-order valence-corrected chi connectivity index (χ1v) is 16.2. The van der Waals surface area contributed by atoms with E-state index in [0.29, 0.717) is 25.9 Å². The summed E-state index contributed by atoms with van der Waals surface area (Å²) >= 11 is 3.78. The molecule has 3 aliphatic rings. The minimum absolute atomic E-state index is 0.203. The number of alkyl halides is 1. The van der Waals surface area contributed by atoms with Gasteiger partial charge in [0.2, 0.25) is 11.8 Å². The number of likely N-dealkylation sites (tertiary alicyclic amines) is 1. The first-order chi connectivity index (χ1) is 21.1. The zero-order chi connectivity index (χ0) is 31.8. The number of ether oxygens (including phenoxy) is 1. The van der Waals surface area contributed by atoms with Gasteiger partial charge in [0.1, 0.15) is 11.6 Å². The van der Waals surface area contributed by atoms with Gasteiger partial charge in [-0.2, -0.15) is 0 Å². The number of para-hydroxylation sites is 1. The smallest absolute Gasteiger partial charge is 0.253 e. The first-order valence-electron chi connectivity index (χ1n) is 15.3. The quantitative estimate of drug-likeness (QED) is 0.266. The number of hydrogen-bond acceptors (Lipinski definition) is 5. The zero-order valence-electron chi connectivity index (χ0n) is 25.7. The maximum atomic E-state index is 14.9. The van der Waals surface area contributed by atoms with E-state index in [0.717, 1.165) is 22.4 Å². The minimum Gasteiger partial charge on any atom is -0.394 e. The Kier molecular flexibility index (Phi) is 9.49. The molecule has 3 unspecified atom stereocenters. The number of rotatable bonds is 12. The number of aliphatic hydroxyl groups is 1. The van der Waals surface area contributed by atoms with Crippen LogP contribution in [0.3, 0.4) is 0 Å². The molecule has 3 heterocycles. The molecule has 0 aromatic heterocycles. The van der Waals surface area contributed by atoms with E-state index < -0.39 is 35.6 Å². The lowest BCUT2D eigenvalue weighted by Crippen LogP contribution is -2.59. The zero-order valence-corrected chi connectivity index (χ0v) is 27.3. The second-order valence-corrected chi connectivity index (χ2v) is 13.3.